The van der Waals surface area contributed by atoms with Crippen LogP contribution in [0.4, 0.5) is 17.1 Å². The van der Waals surface area contributed by atoms with Crippen LogP contribution in [0, 0.1) is 0 Å². The van der Waals surface area contributed by atoms with Gasteiger partial charge in [0, 0.05) is 33.5 Å². The number of aromatic nitrogens is 3. The molecule has 12 aromatic rings. The molecule has 2 heterocycles. The lowest BCUT2D eigenvalue weighted by atomic mass is 10.0. The molecule has 0 atom stereocenters. The molecule has 10 aromatic carbocycles. The standard InChI is InChI=1S/C63H42N4O/c1-5-16-43(17-6-1)47-28-30-50(31-29-47)61-64-62(52-25-15-24-51(40-52)46-22-11-4-12-23-46)66-63(65-61)53-41-57(60-56-26-13-14-27-58(56)68-59(60)42-53)67(54-36-32-48(33-37-54)44-18-7-2-8-19-44)55-38-34-49(35-39-55)45-20-9-3-10-21-45/h1-42H. The van der Waals surface area contributed by atoms with Gasteiger partial charge in [-0.2, -0.15) is 0 Å². The van der Waals surface area contributed by atoms with Gasteiger partial charge in [0.1, 0.15) is 11.2 Å². The van der Waals surface area contributed by atoms with Crippen LogP contribution in [0.5, 0.6) is 0 Å². The van der Waals surface area contributed by atoms with Crippen LogP contribution in [0.25, 0.3) is 101 Å². The number of anilines is 3. The molecule has 12 rings (SSSR count). The van der Waals surface area contributed by atoms with Gasteiger partial charge >= 0.3 is 0 Å². The maximum absolute atomic E-state index is 6.78. The minimum absolute atomic E-state index is 0.532. The van der Waals surface area contributed by atoms with E-state index in [4.69, 9.17) is 19.4 Å². The molecule has 0 N–H and O–H groups in total. The van der Waals surface area contributed by atoms with Gasteiger partial charge in [0.2, 0.25) is 0 Å². The predicted octanol–water partition coefficient (Wildman–Crippen LogP) is 16.9. The van der Waals surface area contributed by atoms with E-state index in [1.165, 1.54) is 0 Å². The van der Waals surface area contributed by atoms with Gasteiger partial charge in [-0.3, -0.25) is 0 Å². The van der Waals surface area contributed by atoms with Crippen LogP contribution >= 0.6 is 0 Å². The van der Waals surface area contributed by atoms with E-state index in [0.717, 1.165) is 100 Å². The highest BCUT2D eigenvalue weighted by molar-refractivity contribution is 6.14. The summed E-state index contributed by atoms with van der Waals surface area (Å²) in [6.07, 6.45) is 0. The second-order valence-corrected chi connectivity index (χ2v) is 16.8. The number of hydrogen-bond donors (Lipinski definition) is 0. The summed E-state index contributed by atoms with van der Waals surface area (Å²) in [5.74, 6) is 1.68. The van der Waals surface area contributed by atoms with Gasteiger partial charge in [0.15, 0.2) is 17.5 Å². The zero-order valence-electron chi connectivity index (χ0n) is 36.9. The molecule has 2 aromatic heterocycles. The zero-order valence-corrected chi connectivity index (χ0v) is 36.9. The molecular formula is C63H42N4O. The Labute approximate surface area is 395 Å². The molecule has 0 aliphatic heterocycles. The van der Waals surface area contributed by atoms with E-state index < -0.39 is 0 Å². The first-order chi connectivity index (χ1) is 33.7. The molecule has 0 amide bonds. The largest absolute Gasteiger partial charge is 0.456 e. The first-order valence-corrected chi connectivity index (χ1v) is 22.8. The lowest BCUT2D eigenvalue weighted by molar-refractivity contribution is 0.669. The maximum atomic E-state index is 6.78. The lowest BCUT2D eigenvalue weighted by Gasteiger charge is -2.27. The van der Waals surface area contributed by atoms with Gasteiger partial charge in [0.25, 0.3) is 0 Å². The van der Waals surface area contributed by atoms with E-state index in [0.29, 0.717) is 17.5 Å². The fourth-order valence-corrected chi connectivity index (χ4v) is 9.11. The Morgan fingerprint density at radius 3 is 1.18 bits per heavy atom. The van der Waals surface area contributed by atoms with Crippen molar-refractivity contribution in [3.8, 4) is 78.7 Å². The second-order valence-electron chi connectivity index (χ2n) is 16.8. The third-order valence-corrected chi connectivity index (χ3v) is 12.5. The Morgan fingerprint density at radius 1 is 0.265 bits per heavy atom. The van der Waals surface area contributed by atoms with Crippen LogP contribution in [-0.4, -0.2) is 15.0 Å². The highest BCUT2D eigenvalue weighted by Crippen LogP contribution is 2.46. The van der Waals surface area contributed by atoms with Gasteiger partial charge < -0.3 is 9.32 Å². The fourth-order valence-electron chi connectivity index (χ4n) is 9.11. The highest BCUT2D eigenvalue weighted by Gasteiger charge is 2.23. The molecular weight excluding hydrogens is 829 g/mol. The van der Waals surface area contributed by atoms with Crippen LogP contribution in [0.3, 0.4) is 0 Å². The molecule has 68 heavy (non-hydrogen) atoms. The molecule has 0 bridgehead atoms. The van der Waals surface area contributed by atoms with Crippen LogP contribution in [0.2, 0.25) is 0 Å². The number of rotatable bonds is 10. The van der Waals surface area contributed by atoms with Crippen molar-refractivity contribution in [3.63, 3.8) is 0 Å². The first kappa shape index (κ1) is 40.3. The van der Waals surface area contributed by atoms with E-state index in [2.05, 4.69) is 223 Å². The Morgan fingerprint density at radius 2 is 0.647 bits per heavy atom. The Bertz CT molecular complexity index is 3600. The molecule has 0 saturated heterocycles. The van der Waals surface area contributed by atoms with E-state index in [-0.39, 0.29) is 0 Å². The molecule has 5 heteroatoms. The number of fused-ring (bicyclic) bond motifs is 3. The topological polar surface area (TPSA) is 55.1 Å². The van der Waals surface area contributed by atoms with Crippen molar-refractivity contribution < 1.29 is 4.42 Å². The molecule has 0 spiro atoms. The molecule has 0 radical (unpaired) electrons. The third-order valence-electron chi connectivity index (χ3n) is 12.5. The van der Waals surface area contributed by atoms with Gasteiger partial charge in [-0.25, -0.2) is 15.0 Å². The van der Waals surface area contributed by atoms with E-state index >= 15 is 0 Å². The lowest BCUT2D eigenvalue weighted by Crippen LogP contribution is -2.11. The van der Waals surface area contributed by atoms with Gasteiger partial charge in [-0.15, -0.1) is 0 Å². The summed E-state index contributed by atoms with van der Waals surface area (Å²) in [5, 5.41) is 2.01. The Balaban J connectivity index is 1.07. The molecule has 0 fully saturated rings. The van der Waals surface area contributed by atoms with Gasteiger partial charge in [-0.1, -0.05) is 206 Å². The summed E-state index contributed by atoms with van der Waals surface area (Å²) in [4.78, 5) is 18.1. The predicted molar refractivity (Wildman–Crippen MR) is 280 cm³/mol. The molecule has 0 aliphatic rings. The first-order valence-electron chi connectivity index (χ1n) is 22.8. The van der Waals surface area contributed by atoms with E-state index in [1.54, 1.807) is 0 Å². The summed E-state index contributed by atoms with van der Waals surface area (Å²) < 4.78 is 6.78. The monoisotopic (exact) mass is 870 g/mol. The van der Waals surface area contributed by atoms with E-state index in [9.17, 15) is 0 Å². The molecule has 5 nitrogen and oxygen atoms in total. The minimum Gasteiger partial charge on any atom is -0.456 e. The molecule has 320 valence electrons. The van der Waals surface area contributed by atoms with Crippen LogP contribution in [0.1, 0.15) is 0 Å². The van der Waals surface area contributed by atoms with Crippen molar-refractivity contribution in [2.45, 2.75) is 0 Å². The van der Waals surface area contributed by atoms with Crippen molar-refractivity contribution in [2.24, 2.45) is 0 Å². The molecule has 0 unspecified atom stereocenters. The average Bonchev–Trinajstić information content (AvgIpc) is 3.81. The summed E-state index contributed by atoms with van der Waals surface area (Å²) in [7, 11) is 0. The quantitative estimate of drug-likeness (QED) is 0.137. The van der Waals surface area contributed by atoms with Crippen molar-refractivity contribution in [2.75, 3.05) is 4.90 Å². The number of nitrogens with zero attached hydrogens (tertiary/aromatic N) is 4. The smallest absolute Gasteiger partial charge is 0.164 e. The van der Waals surface area contributed by atoms with Crippen LogP contribution in [-0.2, 0) is 0 Å². The normalized spacial score (nSPS) is 11.2. The fraction of sp³-hybridized carbons (Fsp3) is 0. The molecule has 0 saturated carbocycles. The van der Waals surface area contributed by atoms with Gasteiger partial charge in [-0.05, 0) is 93.0 Å². The average molecular weight is 871 g/mol. The number of hydrogen-bond acceptors (Lipinski definition) is 5. The number of benzene rings is 10. The SMILES string of the molecule is c1ccc(-c2ccc(-c3nc(-c4cccc(-c5ccccc5)c4)nc(-c4cc(N(c5ccc(-c6ccccc6)cc5)c5ccc(-c6ccccc6)cc5)c5c(c4)oc4ccccc45)n3)cc2)cc1. The van der Waals surface area contributed by atoms with Crippen molar-refractivity contribution in [1.82, 2.24) is 15.0 Å². The summed E-state index contributed by atoms with van der Waals surface area (Å²) in [6.45, 7) is 0. The molecule has 0 aliphatic carbocycles. The van der Waals surface area contributed by atoms with Crippen molar-refractivity contribution in [1.29, 1.82) is 0 Å². The second kappa shape index (κ2) is 17.7. The van der Waals surface area contributed by atoms with Gasteiger partial charge in [0.05, 0.1) is 11.1 Å². The highest BCUT2D eigenvalue weighted by atomic mass is 16.3. The minimum atomic E-state index is 0.532. The number of para-hydroxylation sites is 1. The summed E-state index contributed by atoms with van der Waals surface area (Å²) >= 11 is 0. The van der Waals surface area contributed by atoms with Crippen molar-refractivity contribution >= 4 is 39.0 Å². The van der Waals surface area contributed by atoms with Crippen LogP contribution < -0.4 is 4.90 Å². The maximum Gasteiger partial charge on any atom is 0.164 e. The van der Waals surface area contributed by atoms with Crippen LogP contribution in [0.15, 0.2) is 259 Å². The van der Waals surface area contributed by atoms with Crippen molar-refractivity contribution in [3.05, 3.63) is 255 Å². The number of furan rings is 1. The summed E-state index contributed by atoms with van der Waals surface area (Å²) in [6, 6.07) is 88.8. The Kier molecular flexibility index (Phi) is 10.5. The van der Waals surface area contributed by atoms with E-state index in [1.807, 2.05) is 36.4 Å². The third kappa shape index (κ3) is 7.88. The summed E-state index contributed by atoms with van der Waals surface area (Å²) in [5.41, 5.74) is 16.1. The zero-order chi connectivity index (χ0) is 45.2. The Hall–Kier alpha value is -9.19.